The smallest absolute Gasteiger partial charge is 0.143 e. The molecule has 1 aromatic heterocycles. The zero-order valence-corrected chi connectivity index (χ0v) is 18.8. The fourth-order valence-corrected chi connectivity index (χ4v) is 5.45. The molecule has 8 nitrogen and oxygen atoms in total. The van der Waals surface area contributed by atoms with Gasteiger partial charge >= 0.3 is 0 Å². The summed E-state index contributed by atoms with van der Waals surface area (Å²) in [6.07, 6.45) is 4.06. The lowest BCUT2D eigenvalue weighted by Crippen LogP contribution is -2.58. The van der Waals surface area contributed by atoms with Crippen LogP contribution in [-0.2, 0) is 11.3 Å². The highest BCUT2D eigenvalue weighted by molar-refractivity contribution is 5.76. The third kappa shape index (κ3) is 3.90. The lowest BCUT2D eigenvalue weighted by Gasteiger charge is -2.42. The number of hydrogen-bond donors (Lipinski definition) is 2. The number of nitriles is 1. The highest BCUT2D eigenvalue weighted by Gasteiger charge is 2.30. The number of benzene rings is 1. The molecule has 6 rings (SSSR count). The van der Waals surface area contributed by atoms with Gasteiger partial charge in [-0.3, -0.25) is 4.90 Å². The van der Waals surface area contributed by atoms with Crippen LogP contribution >= 0.6 is 0 Å². The topological polar surface area (TPSA) is 85.7 Å². The van der Waals surface area contributed by atoms with Gasteiger partial charge in [0.1, 0.15) is 24.2 Å². The molecule has 0 saturated carbocycles. The quantitative estimate of drug-likeness (QED) is 0.744. The van der Waals surface area contributed by atoms with Crippen LogP contribution in [0.15, 0.2) is 24.4 Å². The molecule has 2 aromatic rings. The molecular weight excluding hydrogens is 416 g/mol. The molecule has 3 saturated heterocycles. The number of nitrogens with one attached hydrogen (secondary N) is 2. The maximum absolute atomic E-state index is 9.73. The van der Waals surface area contributed by atoms with Crippen LogP contribution in [0.3, 0.4) is 0 Å². The van der Waals surface area contributed by atoms with Crippen LogP contribution in [0.4, 0.5) is 17.2 Å². The van der Waals surface area contributed by atoms with Crippen LogP contribution in [0.1, 0.15) is 35.4 Å². The van der Waals surface area contributed by atoms with Crippen LogP contribution in [-0.4, -0.2) is 68.4 Å². The molecule has 1 aromatic carbocycles. The predicted octanol–water partition coefficient (Wildman–Crippen LogP) is 2.58. The monoisotopic (exact) mass is 446 g/mol. The molecule has 4 aliphatic heterocycles. The summed E-state index contributed by atoms with van der Waals surface area (Å²) in [5, 5.41) is 16.7. The van der Waals surface area contributed by atoms with E-state index in [0.717, 1.165) is 60.7 Å². The Hall–Kier alpha value is -2.86. The van der Waals surface area contributed by atoms with Gasteiger partial charge in [-0.25, -0.2) is 4.98 Å². The summed E-state index contributed by atoms with van der Waals surface area (Å²) in [6, 6.07) is 9.60. The summed E-state index contributed by atoms with van der Waals surface area (Å²) in [5.41, 5.74) is 4.77. The lowest BCUT2D eigenvalue weighted by molar-refractivity contribution is 0.113. The van der Waals surface area contributed by atoms with E-state index in [1.54, 1.807) is 6.20 Å². The Morgan fingerprint density at radius 1 is 1.09 bits per heavy atom. The third-order valence-electron chi connectivity index (χ3n) is 7.50. The molecule has 5 heterocycles. The summed E-state index contributed by atoms with van der Waals surface area (Å²) in [7, 11) is 0. The number of hydrogen-bond acceptors (Lipinski definition) is 8. The predicted molar refractivity (Wildman–Crippen MR) is 126 cm³/mol. The van der Waals surface area contributed by atoms with E-state index in [9.17, 15) is 5.26 Å². The fraction of sp³-hybridized carbons (Fsp3) is 0.520. The van der Waals surface area contributed by atoms with Crippen molar-refractivity contribution in [2.45, 2.75) is 31.4 Å². The van der Waals surface area contributed by atoms with E-state index in [0.29, 0.717) is 31.3 Å². The number of ether oxygens (including phenoxy) is 2. The van der Waals surface area contributed by atoms with E-state index < -0.39 is 0 Å². The molecule has 0 unspecified atom stereocenters. The zero-order valence-electron chi connectivity index (χ0n) is 18.8. The van der Waals surface area contributed by atoms with E-state index in [2.05, 4.69) is 49.7 Å². The molecule has 0 bridgehead atoms. The molecule has 0 radical (unpaired) electrons. The number of morpholine rings is 1. The van der Waals surface area contributed by atoms with Crippen LogP contribution < -0.4 is 20.3 Å². The van der Waals surface area contributed by atoms with Crippen molar-refractivity contribution in [2.24, 2.45) is 0 Å². The van der Waals surface area contributed by atoms with Crippen molar-refractivity contribution in [2.75, 3.05) is 62.7 Å². The number of anilines is 3. The Kier molecular flexibility index (Phi) is 5.54. The van der Waals surface area contributed by atoms with Gasteiger partial charge in [0.2, 0.25) is 0 Å². The summed E-state index contributed by atoms with van der Waals surface area (Å²) < 4.78 is 11.8. The molecular formula is C25H30N6O2. The summed E-state index contributed by atoms with van der Waals surface area (Å²) in [6.45, 7) is 7.85. The molecule has 0 atom stereocenters. The molecule has 3 fully saturated rings. The molecule has 0 spiro atoms. The Bertz CT molecular complexity index is 1070. The number of pyridine rings is 1. The normalized spacial score (nSPS) is 21.6. The zero-order chi connectivity index (χ0) is 22.2. The molecule has 8 heteroatoms. The Morgan fingerprint density at radius 2 is 1.91 bits per heavy atom. The second-order valence-corrected chi connectivity index (χ2v) is 9.35. The van der Waals surface area contributed by atoms with E-state index in [1.165, 1.54) is 31.5 Å². The largest absolute Gasteiger partial charge is 0.487 e. The molecule has 172 valence electrons. The molecule has 0 amide bonds. The van der Waals surface area contributed by atoms with Crippen LogP contribution in [0.5, 0.6) is 5.75 Å². The minimum atomic E-state index is 0.387. The Morgan fingerprint density at radius 3 is 2.64 bits per heavy atom. The van der Waals surface area contributed by atoms with Gasteiger partial charge in [0.25, 0.3) is 0 Å². The van der Waals surface area contributed by atoms with Crippen molar-refractivity contribution in [1.82, 2.24) is 15.2 Å². The number of nitrogens with zero attached hydrogens (tertiary/aromatic N) is 4. The van der Waals surface area contributed by atoms with Gasteiger partial charge in [0, 0.05) is 38.4 Å². The van der Waals surface area contributed by atoms with Gasteiger partial charge < -0.3 is 25.0 Å². The second kappa shape index (κ2) is 8.82. The van der Waals surface area contributed by atoms with Crippen LogP contribution in [0.25, 0.3) is 0 Å². The molecule has 33 heavy (non-hydrogen) atoms. The van der Waals surface area contributed by atoms with Crippen molar-refractivity contribution >= 4 is 17.2 Å². The van der Waals surface area contributed by atoms with Gasteiger partial charge in [-0.15, -0.1) is 0 Å². The van der Waals surface area contributed by atoms with Crippen molar-refractivity contribution in [1.29, 1.82) is 5.26 Å². The number of rotatable bonds is 3. The van der Waals surface area contributed by atoms with Gasteiger partial charge in [0.05, 0.1) is 35.7 Å². The summed E-state index contributed by atoms with van der Waals surface area (Å²) in [4.78, 5) is 9.47. The molecule has 2 N–H and O–H groups in total. The van der Waals surface area contributed by atoms with E-state index in [1.807, 2.05) is 0 Å². The minimum Gasteiger partial charge on any atom is -0.487 e. The average molecular weight is 447 g/mol. The third-order valence-corrected chi connectivity index (χ3v) is 7.50. The minimum absolute atomic E-state index is 0.387. The first-order valence-corrected chi connectivity index (χ1v) is 12.0. The number of aromatic nitrogens is 1. The first-order valence-electron chi connectivity index (χ1n) is 12.0. The van der Waals surface area contributed by atoms with Gasteiger partial charge in [-0.2, -0.15) is 5.26 Å². The van der Waals surface area contributed by atoms with Crippen molar-refractivity contribution in [3.8, 4) is 11.8 Å². The maximum Gasteiger partial charge on any atom is 0.143 e. The van der Waals surface area contributed by atoms with Gasteiger partial charge in [-0.05, 0) is 49.5 Å². The summed E-state index contributed by atoms with van der Waals surface area (Å²) >= 11 is 0. The highest BCUT2D eigenvalue weighted by Crippen LogP contribution is 2.40. The maximum atomic E-state index is 9.73. The van der Waals surface area contributed by atoms with Crippen LogP contribution in [0.2, 0.25) is 0 Å². The van der Waals surface area contributed by atoms with E-state index in [4.69, 9.17) is 9.47 Å². The van der Waals surface area contributed by atoms with Gasteiger partial charge in [-0.1, -0.05) is 6.07 Å². The first kappa shape index (κ1) is 20.7. The fourth-order valence-electron chi connectivity index (χ4n) is 5.45. The number of fused-ring (bicyclic) bond motifs is 2. The molecule has 4 aliphatic rings. The first-order chi connectivity index (χ1) is 16.3. The number of likely N-dealkylation sites (tertiary alicyclic amines) is 1. The summed E-state index contributed by atoms with van der Waals surface area (Å²) in [5.74, 6) is 2.18. The Balaban J connectivity index is 1.25. The van der Waals surface area contributed by atoms with Crippen LogP contribution in [0, 0.1) is 11.3 Å². The van der Waals surface area contributed by atoms with Crippen molar-refractivity contribution in [3.63, 3.8) is 0 Å². The SMILES string of the molecule is N#Cc1cnc2c(c1N1CCOCC1)COc1ccc(C3CCN(C4CNC4)CC3)cc1N2. The standard InChI is InChI=1S/C25H30N6O2/c26-12-19-13-28-25-21(24(19)31-7-9-32-10-8-31)16-33-23-2-1-18(11-22(23)29-25)17-3-5-30(6-4-17)20-14-27-15-20/h1-2,11,13,17,20,27H,3-10,14-16H2,(H,28,29). The Labute approximate surface area is 194 Å². The van der Waals surface area contributed by atoms with Crippen molar-refractivity contribution in [3.05, 3.63) is 41.1 Å². The van der Waals surface area contributed by atoms with Gasteiger partial charge in [0.15, 0.2) is 0 Å². The average Bonchev–Trinajstić information content (AvgIpc) is 3.02. The van der Waals surface area contributed by atoms with E-state index in [-0.39, 0.29) is 0 Å². The second-order valence-electron chi connectivity index (χ2n) is 9.35. The van der Waals surface area contributed by atoms with E-state index >= 15 is 0 Å². The number of piperidine rings is 1. The highest BCUT2D eigenvalue weighted by atomic mass is 16.5. The molecule has 0 aliphatic carbocycles. The van der Waals surface area contributed by atoms with Crippen molar-refractivity contribution < 1.29 is 9.47 Å². The lowest BCUT2D eigenvalue weighted by atomic mass is 9.88.